The van der Waals surface area contributed by atoms with Crippen molar-refractivity contribution in [2.45, 2.75) is 26.8 Å². The van der Waals surface area contributed by atoms with E-state index < -0.39 is 35.1 Å². The molecule has 0 saturated carbocycles. The van der Waals surface area contributed by atoms with E-state index in [2.05, 4.69) is 10.3 Å². The Morgan fingerprint density at radius 2 is 1.73 bits per heavy atom. The van der Waals surface area contributed by atoms with E-state index in [1.807, 2.05) is 13.8 Å². The highest BCUT2D eigenvalue weighted by atomic mass is 19.1. The lowest BCUT2D eigenvalue weighted by Crippen LogP contribution is -2.39. The predicted octanol–water partition coefficient (Wildman–Crippen LogP) is 5.20. The van der Waals surface area contributed by atoms with Gasteiger partial charge in [-0.25, -0.2) is 18.0 Å². The number of rotatable bonds is 5. The van der Waals surface area contributed by atoms with Crippen molar-refractivity contribution in [2.75, 3.05) is 11.9 Å². The summed E-state index contributed by atoms with van der Waals surface area (Å²) in [7, 11) is 0. The summed E-state index contributed by atoms with van der Waals surface area (Å²) in [5, 5.41) is 2.55. The summed E-state index contributed by atoms with van der Waals surface area (Å²) in [6.45, 7) is 5.90. The van der Waals surface area contributed by atoms with Gasteiger partial charge >= 0.3 is 6.03 Å². The zero-order valence-electron chi connectivity index (χ0n) is 16.8. The van der Waals surface area contributed by atoms with Gasteiger partial charge in [0.1, 0.15) is 17.5 Å². The third kappa shape index (κ3) is 4.48. The van der Waals surface area contributed by atoms with Crippen LogP contribution in [0.3, 0.4) is 0 Å². The second-order valence-electron chi connectivity index (χ2n) is 7.54. The number of carbonyl (C=O) groups excluding carboxylic acids is 1. The first-order chi connectivity index (χ1) is 14.2. The van der Waals surface area contributed by atoms with Gasteiger partial charge in [0.2, 0.25) is 0 Å². The van der Waals surface area contributed by atoms with Crippen molar-refractivity contribution in [3.05, 3.63) is 76.0 Å². The number of aromatic amines is 1. The third-order valence-corrected chi connectivity index (χ3v) is 4.79. The number of halogens is 3. The lowest BCUT2D eigenvalue weighted by molar-refractivity contribution is 0.184. The van der Waals surface area contributed by atoms with E-state index in [9.17, 15) is 22.8 Å². The van der Waals surface area contributed by atoms with Crippen molar-refractivity contribution in [3.8, 4) is 0 Å². The van der Waals surface area contributed by atoms with Crippen LogP contribution in [0.2, 0.25) is 0 Å². The Hall–Kier alpha value is -3.29. The van der Waals surface area contributed by atoms with Crippen molar-refractivity contribution in [2.24, 2.45) is 5.92 Å². The Bertz CT molecular complexity index is 1130. The van der Waals surface area contributed by atoms with Gasteiger partial charge in [0, 0.05) is 24.5 Å². The van der Waals surface area contributed by atoms with E-state index in [1.54, 1.807) is 6.92 Å². The molecular formula is C22H22F3N3O2. The molecule has 0 aliphatic carbocycles. The fourth-order valence-corrected chi connectivity index (χ4v) is 3.38. The summed E-state index contributed by atoms with van der Waals surface area (Å²) < 4.78 is 41.3. The highest BCUT2D eigenvalue weighted by Gasteiger charge is 2.25. The summed E-state index contributed by atoms with van der Waals surface area (Å²) in [5.74, 6) is -2.12. The number of nitrogens with zero attached hydrogens (tertiary/aromatic N) is 1. The minimum atomic E-state index is -0.966. The van der Waals surface area contributed by atoms with Gasteiger partial charge in [-0.05, 0) is 54.1 Å². The molecule has 2 N–H and O–H groups in total. The van der Waals surface area contributed by atoms with Crippen LogP contribution in [-0.2, 0) is 0 Å². The van der Waals surface area contributed by atoms with E-state index in [0.717, 1.165) is 6.07 Å². The van der Waals surface area contributed by atoms with Gasteiger partial charge < -0.3 is 15.2 Å². The van der Waals surface area contributed by atoms with Crippen LogP contribution in [0.15, 0.2) is 47.4 Å². The van der Waals surface area contributed by atoms with Crippen LogP contribution < -0.4 is 10.9 Å². The summed E-state index contributed by atoms with van der Waals surface area (Å²) >= 11 is 0. The zero-order valence-corrected chi connectivity index (χ0v) is 16.8. The summed E-state index contributed by atoms with van der Waals surface area (Å²) in [4.78, 5) is 29.1. The van der Waals surface area contributed by atoms with E-state index in [4.69, 9.17) is 0 Å². The lowest BCUT2D eigenvalue weighted by Gasteiger charge is -2.31. The van der Waals surface area contributed by atoms with Crippen LogP contribution in [0.4, 0.5) is 23.7 Å². The number of pyridine rings is 1. The number of amides is 2. The van der Waals surface area contributed by atoms with Crippen molar-refractivity contribution in [3.63, 3.8) is 0 Å². The predicted molar refractivity (Wildman–Crippen MR) is 110 cm³/mol. The van der Waals surface area contributed by atoms with Gasteiger partial charge in [-0.3, -0.25) is 4.79 Å². The Morgan fingerprint density at radius 3 is 2.37 bits per heavy atom. The molecule has 2 aromatic carbocycles. The van der Waals surface area contributed by atoms with E-state index in [-0.39, 0.29) is 16.7 Å². The highest BCUT2D eigenvalue weighted by Crippen LogP contribution is 2.29. The number of H-pyrrole nitrogens is 1. The molecule has 1 heterocycles. The SMILES string of the molecule is CC(C)CN(C(=O)Nc1ccc(F)cc1)[C@@H](C)c1c[nH]c(=O)c2c(F)cc(F)cc12. The van der Waals surface area contributed by atoms with Crippen LogP contribution in [0.25, 0.3) is 10.8 Å². The molecule has 0 unspecified atom stereocenters. The minimum absolute atomic E-state index is 0.0916. The summed E-state index contributed by atoms with van der Waals surface area (Å²) in [5.41, 5.74) is 0.133. The number of fused-ring (bicyclic) bond motifs is 1. The van der Waals surface area contributed by atoms with Crippen LogP contribution in [0.1, 0.15) is 32.4 Å². The molecule has 0 saturated heterocycles. The summed E-state index contributed by atoms with van der Waals surface area (Å²) in [6, 6.07) is 5.99. The van der Waals surface area contributed by atoms with E-state index in [0.29, 0.717) is 23.9 Å². The Labute approximate surface area is 171 Å². The number of hydrogen-bond donors (Lipinski definition) is 2. The molecule has 3 rings (SSSR count). The third-order valence-electron chi connectivity index (χ3n) is 4.79. The van der Waals surface area contributed by atoms with Gasteiger partial charge in [-0.1, -0.05) is 13.8 Å². The molecule has 0 aliphatic heterocycles. The van der Waals surface area contributed by atoms with Crippen LogP contribution in [0.5, 0.6) is 0 Å². The normalized spacial score (nSPS) is 12.2. The molecule has 158 valence electrons. The number of carbonyl (C=O) groups is 1. The molecule has 30 heavy (non-hydrogen) atoms. The smallest absolute Gasteiger partial charge is 0.322 e. The van der Waals surface area contributed by atoms with Gasteiger partial charge in [-0.15, -0.1) is 0 Å². The van der Waals surface area contributed by atoms with Crippen LogP contribution in [-0.4, -0.2) is 22.5 Å². The quantitative estimate of drug-likeness (QED) is 0.600. The molecule has 0 spiro atoms. The fourth-order valence-electron chi connectivity index (χ4n) is 3.38. The molecule has 2 amide bonds. The van der Waals surface area contributed by atoms with Crippen LogP contribution in [0, 0.1) is 23.4 Å². The molecule has 3 aromatic rings. The molecule has 8 heteroatoms. The maximum Gasteiger partial charge on any atom is 0.322 e. The Balaban J connectivity index is 2.02. The zero-order chi connectivity index (χ0) is 22.0. The highest BCUT2D eigenvalue weighted by molar-refractivity contribution is 5.91. The molecule has 1 aromatic heterocycles. The first kappa shape index (κ1) is 21.4. The molecule has 0 radical (unpaired) electrons. The van der Waals surface area contributed by atoms with Crippen molar-refractivity contribution in [1.82, 2.24) is 9.88 Å². The molecule has 0 aliphatic rings. The number of aromatic nitrogens is 1. The largest absolute Gasteiger partial charge is 0.328 e. The maximum atomic E-state index is 14.3. The Morgan fingerprint density at radius 1 is 1.07 bits per heavy atom. The lowest BCUT2D eigenvalue weighted by atomic mass is 10.00. The maximum absolute atomic E-state index is 14.3. The van der Waals surface area contributed by atoms with E-state index in [1.165, 1.54) is 35.4 Å². The monoisotopic (exact) mass is 417 g/mol. The topological polar surface area (TPSA) is 65.2 Å². The molecule has 5 nitrogen and oxygen atoms in total. The van der Waals surface area contributed by atoms with Gasteiger partial charge in [0.25, 0.3) is 5.56 Å². The van der Waals surface area contributed by atoms with Crippen molar-refractivity contribution >= 4 is 22.5 Å². The second-order valence-corrected chi connectivity index (χ2v) is 7.54. The first-order valence-electron chi connectivity index (χ1n) is 9.51. The average Bonchev–Trinajstić information content (AvgIpc) is 2.67. The Kier molecular flexibility index (Phi) is 6.14. The fraction of sp³-hybridized carbons (Fsp3) is 0.273. The van der Waals surface area contributed by atoms with Crippen molar-refractivity contribution in [1.29, 1.82) is 0 Å². The molecule has 0 bridgehead atoms. The summed E-state index contributed by atoms with van der Waals surface area (Å²) in [6.07, 6.45) is 1.37. The average molecular weight is 417 g/mol. The van der Waals surface area contributed by atoms with Gasteiger partial charge in [0.15, 0.2) is 0 Å². The first-order valence-corrected chi connectivity index (χ1v) is 9.51. The molecular weight excluding hydrogens is 395 g/mol. The second kappa shape index (κ2) is 8.61. The van der Waals surface area contributed by atoms with Gasteiger partial charge in [0.05, 0.1) is 11.4 Å². The number of anilines is 1. The minimum Gasteiger partial charge on any atom is -0.328 e. The van der Waals surface area contributed by atoms with Crippen LogP contribution >= 0.6 is 0 Å². The number of benzene rings is 2. The van der Waals surface area contributed by atoms with E-state index >= 15 is 0 Å². The number of urea groups is 1. The standard InChI is InChI=1S/C22H22F3N3O2/c1-12(2)11-28(22(30)27-16-6-4-14(23)5-7-16)13(3)18-10-26-21(29)20-17(18)8-15(24)9-19(20)25/h4-10,12-13H,11H2,1-3H3,(H,26,29)(H,27,30)/t13-/m0/s1. The molecule has 0 fully saturated rings. The van der Waals surface area contributed by atoms with Crippen molar-refractivity contribution < 1.29 is 18.0 Å². The number of nitrogens with one attached hydrogen (secondary N) is 2. The number of hydrogen-bond acceptors (Lipinski definition) is 2. The molecule has 1 atom stereocenters. The van der Waals surface area contributed by atoms with Gasteiger partial charge in [-0.2, -0.15) is 0 Å².